The van der Waals surface area contributed by atoms with Crippen molar-refractivity contribution >= 4 is 6.09 Å². The smallest absolute Gasteiger partial charge is 0.412 e. The summed E-state index contributed by atoms with van der Waals surface area (Å²) in [6.45, 7) is 11.4. The molecule has 4 fully saturated rings. The SMILES string of the molecule is CC(C)(C)OC(=O)N1CCCCC1OC1CC(N2CCC3(CC2)CNC3)C1. The van der Waals surface area contributed by atoms with E-state index in [1.807, 2.05) is 25.7 Å². The minimum Gasteiger partial charge on any atom is -0.444 e. The first-order valence-electron chi connectivity index (χ1n) is 10.9. The molecule has 27 heavy (non-hydrogen) atoms. The maximum absolute atomic E-state index is 12.5. The van der Waals surface area contributed by atoms with Gasteiger partial charge in [0.1, 0.15) is 11.8 Å². The Morgan fingerprint density at radius 2 is 1.78 bits per heavy atom. The molecule has 1 saturated carbocycles. The maximum Gasteiger partial charge on any atom is 0.412 e. The highest BCUT2D eigenvalue weighted by molar-refractivity contribution is 5.68. The molecule has 1 unspecified atom stereocenters. The van der Waals surface area contributed by atoms with Gasteiger partial charge < -0.3 is 19.7 Å². The van der Waals surface area contributed by atoms with Crippen LogP contribution in [0.2, 0.25) is 0 Å². The van der Waals surface area contributed by atoms with Crippen molar-refractivity contribution in [2.24, 2.45) is 5.41 Å². The predicted octanol–water partition coefficient (Wildman–Crippen LogP) is 2.97. The van der Waals surface area contributed by atoms with E-state index in [1.165, 1.54) is 39.0 Å². The van der Waals surface area contributed by atoms with Crippen molar-refractivity contribution < 1.29 is 14.3 Å². The number of piperidine rings is 2. The van der Waals surface area contributed by atoms with E-state index >= 15 is 0 Å². The highest BCUT2D eigenvalue weighted by Gasteiger charge is 2.44. The number of nitrogens with zero attached hydrogens (tertiary/aromatic N) is 2. The number of hydrogen-bond acceptors (Lipinski definition) is 5. The fraction of sp³-hybridized carbons (Fsp3) is 0.952. The fourth-order valence-corrected chi connectivity index (χ4v) is 4.94. The van der Waals surface area contributed by atoms with Crippen molar-refractivity contribution in [2.75, 3.05) is 32.7 Å². The van der Waals surface area contributed by atoms with Gasteiger partial charge in [0, 0.05) is 25.7 Å². The largest absolute Gasteiger partial charge is 0.444 e. The normalized spacial score (nSPS) is 34.0. The number of amides is 1. The van der Waals surface area contributed by atoms with E-state index in [9.17, 15) is 4.79 Å². The molecule has 6 heteroatoms. The average Bonchev–Trinajstić information content (AvgIpc) is 2.55. The van der Waals surface area contributed by atoms with Crippen molar-refractivity contribution in [3.8, 4) is 0 Å². The lowest BCUT2D eigenvalue weighted by atomic mass is 9.72. The van der Waals surface area contributed by atoms with Gasteiger partial charge in [0.25, 0.3) is 0 Å². The Morgan fingerprint density at radius 1 is 1.07 bits per heavy atom. The van der Waals surface area contributed by atoms with Crippen LogP contribution in [-0.4, -0.2) is 72.6 Å². The molecule has 4 rings (SSSR count). The van der Waals surface area contributed by atoms with Crippen molar-refractivity contribution in [2.45, 2.75) is 89.7 Å². The first kappa shape index (κ1) is 19.5. The van der Waals surface area contributed by atoms with Crippen molar-refractivity contribution in [3.63, 3.8) is 0 Å². The molecule has 1 atom stereocenters. The minimum atomic E-state index is -0.456. The Balaban J connectivity index is 1.23. The lowest BCUT2D eigenvalue weighted by Crippen LogP contribution is -2.61. The molecule has 0 aromatic heterocycles. The van der Waals surface area contributed by atoms with Gasteiger partial charge in [-0.1, -0.05) is 0 Å². The van der Waals surface area contributed by atoms with Crippen LogP contribution >= 0.6 is 0 Å². The van der Waals surface area contributed by atoms with Gasteiger partial charge in [0.15, 0.2) is 0 Å². The fourth-order valence-electron chi connectivity index (χ4n) is 4.94. The van der Waals surface area contributed by atoms with Gasteiger partial charge >= 0.3 is 6.09 Å². The minimum absolute atomic E-state index is 0.106. The van der Waals surface area contributed by atoms with Gasteiger partial charge in [-0.2, -0.15) is 0 Å². The third kappa shape index (κ3) is 4.43. The Labute approximate surface area is 163 Å². The molecule has 0 bridgehead atoms. The third-order valence-corrected chi connectivity index (χ3v) is 6.87. The summed E-state index contributed by atoms with van der Waals surface area (Å²) in [5, 5.41) is 3.44. The molecule has 1 amide bonds. The lowest BCUT2D eigenvalue weighted by molar-refractivity contribution is -0.153. The molecule has 3 heterocycles. The first-order chi connectivity index (χ1) is 12.8. The number of ether oxygens (including phenoxy) is 2. The monoisotopic (exact) mass is 379 g/mol. The average molecular weight is 380 g/mol. The molecule has 154 valence electrons. The summed E-state index contributed by atoms with van der Waals surface area (Å²) in [5.74, 6) is 0. The zero-order valence-electron chi connectivity index (χ0n) is 17.3. The summed E-state index contributed by atoms with van der Waals surface area (Å²) >= 11 is 0. The predicted molar refractivity (Wildman–Crippen MR) is 105 cm³/mol. The highest BCUT2D eigenvalue weighted by atomic mass is 16.6. The Kier molecular flexibility index (Phi) is 5.43. The maximum atomic E-state index is 12.5. The molecular weight excluding hydrogens is 342 g/mol. The van der Waals surface area contributed by atoms with E-state index in [1.54, 1.807) is 0 Å². The van der Waals surface area contributed by atoms with E-state index in [4.69, 9.17) is 9.47 Å². The Morgan fingerprint density at radius 3 is 2.37 bits per heavy atom. The van der Waals surface area contributed by atoms with Crippen LogP contribution in [0.15, 0.2) is 0 Å². The zero-order chi connectivity index (χ0) is 19.1. The van der Waals surface area contributed by atoms with Crippen molar-refractivity contribution in [3.05, 3.63) is 0 Å². The van der Waals surface area contributed by atoms with E-state index < -0.39 is 5.60 Å². The number of hydrogen-bond donors (Lipinski definition) is 1. The molecule has 4 aliphatic rings. The summed E-state index contributed by atoms with van der Waals surface area (Å²) in [6.07, 6.45) is 7.98. The Hall–Kier alpha value is -0.850. The van der Waals surface area contributed by atoms with E-state index in [2.05, 4.69) is 10.2 Å². The second kappa shape index (κ2) is 7.53. The Bertz CT molecular complexity index is 527. The van der Waals surface area contributed by atoms with E-state index in [0.717, 1.165) is 38.6 Å². The van der Waals surface area contributed by atoms with Crippen LogP contribution in [0.5, 0.6) is 0 Å². The standard InChI is InChI=1S/C21H37N3O3/c1-20(2,3)27-19(25)24-9-5-4-6-18(24)26-17-12-16(13-17)23-10-7-21(8-11-23)14-22-15-21/h16-18,22H,4-15H2,1-3H3. The van der Waals surface area contributed by atoms with Crippen LogP contribution in [0.1, 0.15) is 65.7 Å². The molecule has 6 nitrogen and oxygen atoms in total. The topological polar surface area (TPSA) is 54.0 Å². The molecule has 0 aromatic rings. The van der Waals surface area contributed by atoms with Crippen LogP contribution in [-0.2, 0) is 9.47 Å². The summed E-state index contributed by atoms with van der Waals surface area (Å²) in [7, 11) is 0. The van der Waals surface area contributed by atoms with Gasteiger partial charge in [-0.3, -0.25) is 4.90 Å². The van der Waals surface area contributed by atoms with Crippen LogP contribution in [0, 0.1) is 5.41 Å². The molecule has 1 N–H and O–H groups in total. The molecule has 3 aliphatic heterocycles. The van der Waals surface area contributed by atoms with Gasteiger partial charge in [-0.15, -0.1) is 0 Å². The lowest BCUT2D eigenvalue weighted by Gasteiger charge is -2.52. The summed E-state index contributed by atoms with van der Waals surface area (Å²) in [5.41, 5.74) is 0.161. The van der Waals surface area contributed by atoms with Gasteiger partial charge in [0.2, 0.25) is 0 Å². The molecule has 0 radical (unpaired) electrons. The van der Waals surface area contributed by atoms with Gasteiger partial charge in [0.05, 0.1) is 6.10 Å². The number of likely N-dealkylation sites (tertiary alicyclic amines) is 2. The summed E-state index contributed by atoms with van der Waals surface area (Å²) in [6, 6.07) is 0.680. The number of nitrogens with one attached hydrogen (secondary N) is 1. The van der Waals surface area contributed by atoms with Crippen LogP contribution in [0.4, 0.5) is 4.79 Å². The number of carbonyl (C=O) groups excluding carboxylic acids is 1. The number of rotatable bonds is 3. The molecular formula is C21H37N3O3. The third-order valence-electron chi connectivity index (χ3n) is 6.87. The quantitative estimate of drug-likeness (QED) is 0.817. The summed E-state index contributed by atoms with van der Waals surface area (Å²) < 4.78 is 11.9. The van der Waals surface area contributed by atoms with E-state index in [-0.39, 0.29) is 12.3 Å². The number of carbonyl (C=O) groups is 1. The van der Waals surface area contributed by atoms with Crippen LogP contribution in [0.3, 0.4) is 0 Å². The molecule has 1 aliphatic carbocycles. The van der Waals surface area contributed by atoms with Gasteiger partial charge in [-0.25, -0.2) is 4.79 Å². The van der Waals surface area contributed by atoms with Crippen molar-refractivity contribution in [1.29, 1.82) is 0 Å². The first-order valence-corrected chi connectivity index (χ1v) is 10.9. The van der Waals surface area contributed by atoms with E-state index in [0.29, 0.717) is 17.6 Å². The second-order valence-corrected chi connectivity index (χ2v) is 10.1. The second-order valence-electron chi connectivity index (χ2n) is 10.1. The highest BCUT2D eigenvalue weighted by Crippen LogP contribution is 2.39. The van der Waals surface area contributed by atoms with Crippen molar-refractivity contribution in [1.82, 2.24) is 15.1 Å². The molecule has 1 spiro atoms. The summed E-state index contributed by atoms with van der Waals surface area (Å²) in [4.78, 5) is 17.0. The van der Waals surface area contributed by atoms with Crippen LogP contribution < -0.4 is 5.32 Å². The van der Waals surface area contributed by atoms with Crippen LogP contribution in [0.25, 0.3) is 0 Å². The van der Waals surface area contributed by atoms with Gasteiger partial charge in [-0.05, 0) is 84.2 Å². The zero-order valence-corrected chi connectivity index (χ0v) is 17.3. The molecule has 3 saturated heterocycles. The molecule has 0 aromatic carbocycles.